The number of rotatable bonds is 5. The van der Waals surface area contributed by atoms with Crippen LogP contribution in [0.3, 0.4) is 0 Å². The molecule has 94 valence electrons. The molecule has 0 aliphatic heterocycles. The minimum atomic E-state index is -1.47. The Morgan fingerprint density at radius 1 is 1.47 bits per heavy atom. The van der Waals surface area contributed by atoms with Gasteiger partial charge in [-0.25, -0.2) is 9.18 Å². The van der Waals surface area contributed by atoms with Crippen LogP contribution in [0.2, 0.25) is 0 Å². The molecule has 0 aliphatic carbocycles. The first-order chi connectivity index (χ1) is 8.03. The van der Waals surface area contributed by atoms with Gasteiger partial charge < -0.3 is 10.1 Å². The van der Waals surface area contributed by atoms with Crippen LogP contribution in [0.4, 0.5) is 9.18 Å². The highest BCUT2D eigenvalue weighted by molar-refractivity contribution is 9.09. The van der Waals surface area contributed by atoms with Crippen LogP contribution in [0.5, 0.6) is 0 Å². The van der Waals surface area contributed by atoms with Crippen molar-refractivity contribution < 1.29 is 13.9 Å². The van der Waals surface area contributed by atoms with Gasteiger partial charge >= 0.3 is 6.09 Å². The molecule has 0 fully saturated rings. The predicted molar refractivity (Wildman–Crippen MR) is 67.9 cm³/mol. The molecule has 3 nitrogen and oxygen atoms in total. The molecule has 1 unspecified atom stereocenters. The van der Waals surface area contributed by atoms with E-state index in [2.05, 4.69) is 21.2 Å². The number of amides is 1. The van der Waals surface area contributed by atoms with Crippen LogP contribution in [-0.2, 0) is 11.3 Å². The van der Waals surface area contributed by atoms with E-state index >= 15 is 0 Å². The standard InChI is InChI=1S/C12H15BrFNO2/c1-12(14,8-13)9-15-11(16)17-7-10-5-3-2-4-6-10/h2-6H,7-9H2,1H3,(H,15,16). The third-order valence-corrected chi connectivity index (χ3v) is 3.26. The molecule has 5 heteroatoms. The fourth-order valence-corrected chi connectivity index (χ4v) is 1.28. The minimum Gasteiger partial charge on any atom is -0.445 e. The maximum absolute atomic E-state index is 13.4. The SMILES string of the molecule is CC(F)(CBr)CNC(=O)OCc1ccccc1. The lowest BCUT2D eigenvalue weighted by Crippen LogP contribution is -2.38. The van der Waals surface area contributed by atoms with Gasteiger partial charge in [0, 0.05) is 5.33 Å². The van der Waals surface area contributed by atoms with Gasteiger partial charge in [0.2, 0.25) is 0 Å². The summed E-state index contributed by atoms with van der Waals surface area (Å²) >= 11 is 3.03. The molecule has 17 heavy (non-hydrogen) atoms. The average molecular weight is 304 g/mol. The topological polar surface area (TPSA) is 38.3 Å². The number of halogens is 2. The van der Waals surface area contributed by atoms with Crippen molar-refractivity contribution in [3.8, 4) is 0 Å². The summed E-state index contributed by atoms with van der Waals surface area (Å²) in [5, 5.41) is 2.54. The van der Waals surface area contributed by atoms with Gasteiger partial charge in [-0.3, -0.25) is 0 Å². The third-order valence-electron chi connectivity index (χ3n) is 2.09. The molecule has 1 atom stereocenters. The molecule has 0 saturated heterocycles. The highest BCUT2D eigenvalue weighted by Crippen LogP contribution is 2.11. The van der Waals surface area contributed by atoms with E-state index in [4.69, 9.17) is 4.74 Å². The molecule has 0 bridgehead atoms. The molecule has 1 aromatic carbocycles. The Bertz CT molecular complexity index is 357. The zero-order valence-electron chi connectivity index (χ0n) is 9.58. The highest BCUT2D eigenvalue weighted by atomic mass is 79.9. The van der Waals surface area contributed by atoms with Gasteiger partial charge in [0.05, 0.1) is 6.54 Å². The molecule has 0 aromatic heterocycles. The van der Waals surface area contributed by atoms with Gasteiger partial charge in [-0.15, -0.1) is 0 Å². The number of carbonyl (C=O) groups is 1. The van der Waals surface area contributed by atoms with Crippen LogP contribution >= 0.6 is 15.9 Å². The fraction of sp³-hybridized carbons (Fsp3) is 0.417. The van der Waals surface area contributed by atoms with Crippen molar-refractivity contribution in [2.24, 2.45) is 0 Å². The molecular weight excluding hydrogens is 289 g/mol. The number of hydrogen-bond acceptors (Lipinski definition) is 2. The fourth-order valence-electron chi connectivity index (χ4n) is 1.08. The second kappa shape index (κ2) is 6.59. The highest BCUT2D eigenvalue weighted by Gasteiger charge is 2.22. The second-order valence-corrected chi connectivity index (χ2v) is 4.52. The molecular formula is C12H15BrFNO2. The van der Waals surface area contributed by atoms with Crippen molar-refractivity contribution in [3.63, 3.8) is 0 Å². The van der Waals surface area contributed by atoms with E-state index in [1.807, 2.05) is 30.3 Å². The van der Waals surface area contributed by atoms with E-state index in [9.17, 15) is 9.18 Å². The lowest BCUT2D eigenvalue weighted by atomic mass is 10.2. The molecule has 0 aliphatic rings. The summed E-state index contributed by atoms with van der Waals surface area (Å²) in [6.07, 6.45) is -0.612. The van der Waals surface area contributed by atoms with E-state index in [0.29, 0.717) is 0 Å². The van der Waals surface area contributed by atoms with Gasteiger partial charge in [-0.1, -0.05) is 46.3 Å². The van der Waals surface area contributed by atoms with Crippen LogP contribution < -0.4 is 5.32 Å². The van der Waals surface area contributed by atoms with Crippen molar-refractivity contribution in [2.75, 3.05) is 11.9 Å². The van der Waals surface area contributed by atoms with Gasteiger partial charge in [-0.2, -0.15) is 0 Å². The van der Waals surface area contributed by atoms with Crippen LogP contribution in [-0.4, -0.2) is 23.6 Å². The van der Waals surface area contributed by atoms with Crippen LogP contribution in [0.25, 0.3) is 0 Å². The van der Waals surface area contributed by atoms with Gasteiger partial charge in [0.25, 0.3) is 0 Å². The summed E-state index contributed by atoms with van der Waals surface area (Å²) < 4.78 is 18.4. The molecule has 1 aromatic rings. The first-order valence-electron chi connectivity index (χ1n) is 5.23. The number of nitrogens with one attached hydrogen (secondary N) is 1. The molecule has 0 heterocycles. The Morgan fingerprint density at radius 2 is 2.12 bits per heavy atom. The maximum Gasteiger partial charge on any atom is 0.407 e. The Kier molecular flexibility index (Phi) is 5.41. The molecule has 0 saturated carbocycles. The molecule has 0 spiro atoms. The van der Waals surface area contributed by atoms with Gasteiger partial charge in [-0.05, 0) is 12.5 Å². The van der Waals surface area contributed by atoms with E-state index in [-0.39, 0.29) is 18.5 Å². The third kappa shape index (κ3) is 5.68. The van der Waals surface area contributed by atoms with Crippen molar-refractivity contribution in [2.45, 2.75) is 19.2 Å². The number of ether oxygens (including phenoxy) is 1. The van der Waals surface area contributed by atoms with Gasteiger partial charge in [0.1, 0.15) is 12.3 Å². The zero-order valence-corrected chi connectivity index (χ0v) is 11.2. The summed E-state index contributed by atoms with van der Waals surface area (Å²) in [7, 11) is 0. The number of hydrogen-bond donors (Lipinski definition) is 1. The normalized spacial score (nSPS) is 13.8. The number of carbonyl (C=O) groups excluding carboxylic acids is 1. The predicted octanol–water partition coefficient (Wildman–Crippen LogP) is 3.04. The van der Waals surface area contributed by atoms with Crippen molar-refractivity contribution in [1.29, 1.82) is 0 Å². The average Bonchev–Trinajstić information content (AvgIpc) is 2.35. The summed E-state index contributed by atoms with van der Waals surface area (Å²) in [6.45, 7) is 1.51. The lowest BCUT2D eigenvalue weighted by Gasteiger charge is -2.17. The largest absolute Gasteiger partial charge is 0.445 e. The second-order valence-electron chi connectivity index (χ2n) is 3.96. The van der Waals surface area contributed by atoms with Crippen molar-refractivity contribution >= 4 is 22.0 Å². The Balaban J connectivity index is 2.27. The Labute approximate surface area is 108 Å². The van der Waals surface area contributed by atoms with Crippen molar-refractivity contribution in [3.05, 3.63) is 35.9 Å². The summed E-state index contributed by atoms with van der Waals surface area (Å²) in [4.78, 5) is 11.3. The minimum absolute atomic E-state index is 0.0775. The van der Waals surface area contributed by atoms with E-state index in [1.165, 1.54) is 6.92 Å². The zero-order chi connectivity index (χ0) is 12.7. The quantitative estimate of drug-likeness (QED) is 0.849. The van der Waals surface area contributed by atoms with E-state index in [1.54, 1.807) is 0 Å². The smallest absolute Gasteiger partial charge is 0.407 e. The number of alkyl halides is 2. The lowest BCUT2D eigenvalue weighted by molar-refractivity contribution is 0.130. The maximum atomic E-state index is 13.4. The summed E-state index contributed by atoms with van der Waals surface area (Å²) in [6, 6.07) is 9.31. The molecule has 0 radical (unpaired) electrons. The number of benzene rings is 1. The first kappa shape index (κ1) is 14.0. The molecule has 1 amide bonds. The van der Waals surface area contributed by atoms with E-state index in [0.717, 1.165) is 5.56 Å². The summed E-state index contributed by atoms with van der Waals surface area (Å²) in [5.74, 6) is 0. The Hall–Kier alpha value is -1.10. The monoisotopic (exact) mass is 303 g/mol. The van der Waals surface area contributed by atoms with E-state index < -0.39 is 11.8 Å². The molecule has 1 rings (SSSR count). The summed E-state index contributed by atoms with van der Waals surface area (Å²) in [5.41, 5.74) is -0.572. The number of alkyl carbamates (subject to hydrolysis) is 1. The molecule has 1 N–H and O–H groups in total. The van der Waals surface area contributed by atoms with Crippen LogP contribution in [0.15, 0.2) is 30.3 Å². The van der Waals surface area contributed by atoms with Crippen molar-refractivity contribution in [1.82, 2.24) is 5.32 Å². The Morgan fingerprint density at radius 3 is 2.71 bits per heavy atom. The first-order valence-corrected chi connectivity index (χ1v) is 6.35. The van der Waals surface area contributed by atoms with Crippen LogP contribution in [0.1, 0.15) is 12.5 Å². The van der Waals surface area contributed by atoms with Gasteiger partial charge in [0.15, 0.2) is 0 Å². The van der Waals surface area contributed by atoms with Crippen LogP contribution in [0, 0.1) is 0 Å².